The molecule has 0 saturated carbocycles. The van der Waals surface area contributed by atoms with E-state index in [1.807, 2.05) is 37.3 Å². The Kier molecular flexibility index (Phi) is 19.1. The fourth-order valence-corrected chi connectivity index (χ4v) is 6.48. The van der Waals surface area contributed by atoms with Crippen LogP contribution >= 0.6 is 15.2 Å². The van der Waals surface area contributed by atoms with Crippen LogP contribution in [0, 0.1) is 0 Å². The lowest BCUT2D eigenvalue weighted by atomic mass is 10.2. The van der Waals surface area contributed by atoms with Gasteiger partial charge in [-0.05, 0) is 39.7 Å². The zero-order valence-corrected chi connectivity index (χ0v) is 23.7. The number of nitrogens with one attached hydrogen (secondary N) is 1. The second-order valence-electron chi connectivity index (χ2n) is 7.41. The first-order valence-electron chi connectivity index (χ1n) is 12.1. The van der Waals surface area contributed by atoms with Gasteiger partial charge in [0.2, 0.25) is 0 Å². The zero-order valence-electron chi connectivity index (χ0n) is 22.0. The molecule has 11 nitrogen and oxygen atoms in total. The smallest absolute Gasteiger partial charge is 0.407 e. The number of aliphatic hydroxyl groups is 2. The largest absolute Gasteiger partial charge is 0.445 e. The molecule has 0 radical (unpaired) electrons. The average molecular weight is 556 g/mol. The Bertz CT molecular complexity index is 776. The van der Waals surface area contributed by atoms with E-state index in [2.05, 4.69) is 5.32 Å². The van der Waals surface area contributed by atoms with E-state index < -0.39 is 40.0 Å². The molecule has 0 fully saturated rings. The molecule has 0 bridgehead atoms. The van der Waals surface area contributed by atoms with Crippen LogP contribution in [-0.2, 0) is 38.6 Å². The van der Waals surface area contributed by atoms with Gasteiger partial charge in [0.05, 0.1) is 57.5 Å². The molecule has 0 aliphatic heterocycles. The molecular formula is C23H43NO10P2. The average Bonchev–Trinajstić information content (AvgIpc) is 2.83. The van der Waals surface area contributed by atoms with Crippen LogP contribution in [0.4, 0.5) is 4.79 Å². The maximum atomic E-state index is 12.4. The van der Waals surface area contributed by atoms with E-state index in [9.17, 15) is 24.1 Å². The molecule has 1 rings (SSSR count). The SMILES string of the molecule is CCOP(=O)(CC(CO)NC(=O)OCc1ccccc1)OCC.CCOP(=O)(CC(O)CC)OCC. The lowest BCUT2D eigenvalue weighted by Gasteiger charge is -2.22. The highest BCUT2D eigenvalue weighted by Crippen LogP contribution is 2.49. The maximum absolute atomic E-state index is 12.4. The summed E-state index contributed by atoms with van der Waals surface area (Å²) in [7, 11) is -6.40. The van der Waals surface area contributed by atoms with Gasteiger partial charge in [-0.2, -0.15) is 0 Å². The summed E-state index contributed by atoms with van der Waals surface area (Å²) in [5.74, 6) is 0. The van der Waals surface area contributed by atoms with Crippen molar-refractivity contribution in [3.05, 3.63) is 35.9 Å². The molecule has 36 heavy (non-hydrogen) atoms. The topological polar surface area (TPSA) is 150 Å². The summed E-state index contributed by atoms with van der Waals surface area (Å²) in [4.78, 5) is 11.8. The van der Waals surface area contributed by atoms with Gasteiger partial charge in [0.25, 0.3) is 0 Å². The second-order valence-corrected chi connectivity index (χ2v) is 11.6. The van der Waals surface area contributed by atoms with E-state index in [0.29, 0.717) is 19.6 Å². The van der Waals surface area contributed by atoms with Gasteiger partial charge in [-0.1, -0.05) is 37.3 Å². The standard InChI is InChI=1S/C15H24NO6P.C8H19O4P/c1-3-21-23(19,22-4-2)12-14(10-17)16-15(18)20-11-13-8-6-5-7-9-13;1-4-8(9)7-13(10,11-5-2)12-6-3/h5-9,14,17H,3-4,10-12H2,1-2H3,(H,16,18);8-9H,4-7H2,1-3H3. The molecule has 13 heteroatoms. The molecule has 3 N–H and O–H groups in total. The number of carbonyl (C=O) groups excluding carboxylic acids is 1. The van der Waals surface area contributed by atoms with Crippen LogP contribution in [0.5, 0.6) is 0 Å². The van der Waals surface area contributed by atoms with Gasteiger partial charge in [-0.25, -0.2) is 4.79 Å². The van der Waals surface area contributed by atoms with Crippen molar-refractivity contribution in [1.82, 2.24) is 5.32 Å². The van der Waals surface area contributed by atoms with Crippen molar-refractivity contribution in [2.45, 2.75) is 59.8 Å². The first-order valence-corrected chi connectivity index (χ1v) is 15.6. The van der Waals surface area contributed by atoms with Crippen molar-refractivity contribution in [3.8, 4) is 0 Å². The molecule has 0 heterocycles. The van der Waals surface area contributed by atoms with Gasteiger partial charge in [-0.3, -0.25) is 9.13 Å². The van der Waals surface area contributed by atoms with Crippen molar-refractivity contribution in [2.24, 2.45) is 0 Å². The van der Waals surface area contributed by atoms with E-state index in [-0.39, 0.29) is 32.1 Å². The predicted octanol–water partition coefficient (Wildman–Crippen LogP) is 4.56. The van der Waals surface area contributed by atoms with Crippen LogP contribution in [0.3, 0.4) is 0 Å². The molecule has 1 amide bonds. The minimum atomic E-state index is -3.36. The number of carbonyl (C=O) groups is 1. The van der Waals surface area contributed by atoms with E-state index in [1.165, 1.54) is 0 Å². The molecular weight excluding hydrogens is 512 g/mol. The molecule has 2 atom stereocenters. The second kappa shape index (κ2) is 19.8. The molecule has 210 valence electrons. The maximum Gasteiger partial charge on any atom is 0.407 e. The first kappa shape index (κ1) is 34.7. The molecule has 2 unspecified atom stereocenters. The number of hydrogen-bond acceptors (Lipinski definition) is 10. The van der Waals surface area contributed by atoms with Crippen LogP contribution in [0.25, 0.3) is 0 Å². The van der Waals surface area contributed by atoms with Gasteiger partial charge >= 0.3 is 21.3 Å². The van der Waals surface area contributed by atoms with Crippen molar-refractivity contribution >= 4 is 21.3 Å². The van der Waals surface area contributed by atoms with E-state index in [0.717, 1.165) is 5.56 Å². The Morgan fingerprint density at radius 2 is 1.33 bits per heavy atom. The zero-order chi connectivity index (χ0) is 27.5. The predicted molar refractivity (Wildman–Crippen MR) is 138 cm³/mol. The van der Waals surface area contributed by atoms with E-state index in [4.69, 9.17) is 22.8 Å². The number of rotatable bonds is 17. The molecule has 0 aliphatic carbocycles. The Morgan fingerprint density at radius 3 is 1.75 bits per heavy atom. The van der Waals surface area contributed by atoms with Crippen molar-refractivity contribution in [2.75, 3.05) is 45.4 Å². The first-order chi connectivity index (χ1) is 17.1. The quantitative estimate of drug-likeness (QED) is 0.233. The third-order valence-corrected chi connectivity index (χ3v) is 8.77. The monoisotopic (exact) mass is 555 g/mol. The molecule has 0 aromatic heterocycles. The van der Waals surface area contributed by atoms with Crippen LogP contribution in [0.2, 0.25) is 0 Å². The van der Waals surface area contributed by atoms with Crippen LogP contribution in [-0.4, -0.2) is 73.8 Å². The molecule has 1 aromatic carbocycles. The summed E-state index contributed by atoms with van der Waals surface area (Å²) in [5, 5.41) is 21.1. The number of benzene rings is 1. The number of hydrogen-bond donors (Lipinski definition) is 3. The van der Waals surface area contributed by atoms with Crippen LogP contribution < -0.4 is 5.32 Å². The highest BCUT2D eigenvalue weighted by Gasteiger charge is 2.29. The minimum Gasteiger partial charge on any atom is -0.445 e. The molecule has 0 aliphatic rings. The molecule has 0 saturated heterocycles. The summed E-state index contributed by atoms with van der Waals surface area (Å²) < 4.78 is 49.6. The van der Waals surface area contributed by atoms with Crippen molar-refractivity contribution in [1.29, 1.82) is 0 Å². The van der Waals surface area contributed by atoms with E-state index in [1.54, 1.807) is 27.7 Å². The van der Waals surface area contributed by atoms with Crippen molar-refractivity contribution < 1.29 is 47.0 Å². The third kappa shape index (κ3) is 15.7. The number of amides is 1. The third-order valence-electron chi connectivity index (χ3n) is 4.41. The fraction of sp³-hybridized carbons (Fsp3) is 0.696. The summed E-state index contributed by atoms with van der Waals surface area (Å²) in [6, 6.07) is 8.43. The summed E-state index contributed by atoms with van der Waals surface area (Å²) in [6.07, 6.45) is -0.780. The normalized spacial score (nSPS) is 13.3. The molecule has 1 aromatic rings. The Morgan fingerprint density at radius 1 is 0.861 bits per heavy atom. The summed E-state index contributed by atoms with van der Waals surface area (Å²) in [6.45, 7) is 9.55. The summed E-state index contributed by atoms with van der Waals surface area (Å²) in [5.41, 5.74) is 0.845. The van der Waals surface area contributed by atoms with Gasteiger partial charge in [-0.15, -0.1) is 0 Å². The van der Waals surface area contributed by atoms with Gasteiger partial charge < -0.3 is 38.4 Å². The minimum absolute atomic E-state index is 0.0885. The molecule has 0 spiro atoms. The van der Waals surface area contributed by atoms with Crippen LogP contribution in [0.1, 0.15) is 46.6 Å². The lowest BCUT2D eigenvalue weighted by molar-refractivity contribution is 0.130. The Labute approximate surface area is 214 Å². The van der Waals surface area contributed by atoms with E-state index >= 15 is 0 Å². The highest BCUT2D eigenvalue weighted by molar-refractivity contribution is 7.54. The number of alkyl carbamates (subject to hydrolysis) is 1. The highest BCUT2D eigenvalue weighted by atomic mass is 31.2. The lowest BCUT2D eigenvalue weighted by Crippen LogP contribution is -2.40. The Balaban J connectivity index is 0.000000802. The fourth-order valence-electron chi connectivity index (χ4n) is 2.81. The van der Waals surface area contributed by atoms with Crippen molar-refractivity contribution in [3.63, 3.8) is 0 Å². The van der Waals surface area contributed by atoms with Crippen LogP contribution in [0.15, 0.2) is 30.3 Å². The summed E-state index contributed by atoms with van der Waals surface area (Å²) >= 11 is 0. The number of aliphatic hydroxyl groups excluding tert-OH is 2. The Hall–Kier alpha value is -1.29. The van der Waals surface area contributed by atoms with Gasteiger partial charge in [0, 0.05) is 0 Å². The number of ether oxygens (including phenoxy) is 1. The van der Waals surface area contributed by atoms with Gasteiger partial charge in [0.15, 0.2) is 0 Å². The van der Waals surface area contributed by atoms with Gasteiger partial charge in [0.1, 0.15) is 6.61 Å².